The van der Waals surface area contributed by atoms with Crippen LogP contribution in [0.3, 0.4) is 0 Å². The van der Waals surface area contributed by atoms with E-state index in [1.54, 1.807) is 19.1 Å². The molecular weight excluding hydrogens is 200 g/mol. The van der Waals surface area contributed by atoms with E-state index in [1.165, 1.54) is 0 Å². The second kappa shape index (κ2) is 3.84. The number of aryl methyl sites for hydroxylation is 2. The molecule has 0 aliphatic heterocycles. The van der Waals surface area contributed by atoms with E-state index in [4.69, 9.17) is 4.18 Å². The second-order valence-corrected chi connectivity index (χ2v) is 4.50. The van der Waals surface area contributed by atoms with Gasteiger partial charge in [0.1, 0.15) is 5.75 Å². The van der Waals surface area contributed by atoms with E-state index in [1.807, 2.05) is 13.0 Å². The maximum Gasteiger partial charge on any atom is 0.331 e. The van der Waals surface area contributed by atoms with Gasteiger partial charge in [0.25, 0.3) is 0 Å². The molecule has 0 atom stereocenters. The first-order chi connectivity index (χ1) is 6.44. The Morgan fingerprint density at radius 1 is 1.36 bits per heavy atom. The SMILES string of the molecule is C=CS(=O)(=O)Oc1ccc(C)cc1C. The van der Waals surface area contributed by atoms with E-state index in [0.29, 0.717) is 5.75 Å². The minimum absolute atomic E-state index is 0.343. The summed E-state index contributed by atoms with van der Waals surface area (Å²) in [5.74, 6) is 0.343. The Bertz CT molecular complexity index is 446. The molecule has 0 aromatic heterocycles. The van der Waals surface area contributed by atoms with Crippen molar-refractivity contribution in [1.29, 1.82) is 0 Å². The predicted molar refractivity (Wildman–Crippen MR) is 55.7 cm³/mol. The highest BCUT2D eigenvalue weighted by molar-refractivity contribution is 7.90. The topological polar surface area (TPSA) is 43.4 Å². The summed E-state index contributed by atoms with van der Waals surface area (Å²) >= 11 is 0. The molecule has 14 heavy (non-hydrogen) atoms. The zero-order valence-electron chi connectivity index (χ0n) is 8.15. The van der Waals surface area contributed by atoms with Crippen molar-refractivity contribution >= 4 is 10.1 Å². The molecule has 0 radical (unpaired) electrons. The van der Waals surface area contributed by atoms with Gasteiger partial charge >= 0.3 is 10.1 Å². The van der Waals surface area contributed by atoms with Crippen LogP contribution in [-0.4, -0.2) is 8.42 Å². The summed E-state index contributed by atoms with van der Waals surface area (Å²) in [7, 11) is -3.64. The van der Waals surface area contributed by atoms with Gasteiger partial charge in [-0.15, -0.1) is 0 Å². The van der Waals surface area contributed by atoms with E-state index in [0.717, 1.165) is 16.5 Å². The molecule has 0 bridgehead atoms. The fraction of sp³-hybridized carbons (Fsp3) is 0.200. The molecule has 0 aliphatic carbocycles. The average Bonchev–Trinajstić information content (AvgIpc) is 2.10. The first kappa shape index (κ1) is 10.8. The molecule has 4 heteroatoms. The van der Waals surface area contributed by atoms with Crippen LogP contribution in [0.4, 0.5) is 0 Å². The summed E-state index contributed by atoms with van der Waals surface area (Å²) in [6.07, 6.45) is 0. The third-order valence-electron chi connectivity index (χ3n) is 1.74. The molecule has 0 N–H and O–H groups in total. The zero-order valence-corrected chi connectivity index (χ0v) is 8.97. The molecule has 0 saturated carbocycles. The molecule has 1 aromatic carbocycles. The third-order valence-corrected chi connectivity index (χ3v) is 2.56. The molecular formula is C10H12O3S. The molecule has 1 aromatic rings. The van der Waals surface area contributed by atoms with E-state index in [2.05, 4.69) is 6.58 Å². The molecule has 0 saturated heterocycles. The Balaban J connectivity index is 3.05. The van der Waals surface area contributed by atoms with Gasteiger partial charge in [-0.25, -0.2) is 0 Å². The lowest BCUT2D eigenvalue weighted by atomic mass is 10.1. The smallest absolute Gasteiger partial charge is 0.331 e. The Labute approximate surface area is 84.1 Å². The van der Waals surface area contributed by atoms with Gasteiger partial charge in [-0.3, -0.25) is 0 Å². The van der Waals surface area contributed by atoms with Crippen LogP contribution in [0.1, 0.15) is 11.1 Å². The summed E-state index contributed by atoms with van der Waals surface area (Å²) in [5.41, 5.74) is 1.85. The van der Waals surface area contributed by atoms with Crippen molar-refractivity contribution in [2.45, 2.75) is 13.8 Å². The summed E-state index contributed by atoms with van der Waals surface area (Å²) in [5, 5.41) is 0.784. The van der Waals surface area contributed by atoms with Crippen LogP contribution in [0.25, 0.3) is 0 Å². The van der Waals surface area contributed by atoms with Crippen LogP contribution in [0.15, 0.2) is 30.2 Å². The molecule has 0 fully saturated rings. The van der Waals surface area contributed by atoms with Crippen LogP contribution in [0.5, 0.6) is 5.75 Å². The Kier molecular flexibility index (Phi) is 2.96. The molecule has 0 aliphatic rings. The zero-order chi connectivity index (χ0) is 10.8. The van der Waals surface area contributed by atoms with Crippen LogP contribution < -0.4 is 4.18 Å². The number of hydrogen-bond acceptors (Lipinski definition) is 3. The van der Waals surface area contributed by atoms with E-state index in [-0.39, 0.29) is 0 Å². The summed E-state index contributed by atoms with van der Waals surface area (Å²) in [4.78, 5) is 0. The summed E-state index contributed by atoms with van der Waals surface area (Å²) in [6.45, 7) is 6.88. The van der Waals surface area contributed by atoms with Gasteiger partial charge in [0.2, 0.25) is 0 Å². The molecule has 0 heterocycles. The van der Waals surface area contributed by atoms with Crippen molar-refractivity contribution < 1.29 is 12.6 Å². The Morgan fingerprint density at radius 3 is 2.50 bits per heavy atom. The molecule has 0 spiro atoms. The summed E-state index contributed by atoms with van der Waals surface area (Å²) in [6, 6.07) is 5.28. The minimum atomic E-state index is -3.64. The van der Waals surface area contributed by atoms with E-state index >= 15 is 0 Å². The molecule has 76 valence electrons. The Hall–Kier alpha value is -1.29. The third kappa shape index (κ3) is 2.60. The highest BCUT2D eigenvalue weighted by Gasteiger charge is 2.08. The van der Waals surface area contributed by atoms with Crippen LogP contribution in [-0.2, 0) is 10.1 Å². The maximum atomic E-state index is 11.1. The van der Waals surface area contributed by atoms with Crippen LogP contribution in [0, 0.1) is 13.8 Å². The number of benzene rings is 1. The largest absolute Gasteiger partial charge is 0.379 e. The average molecular weight is 212 g/mol. The maximum absolute atomic E-state index is 11.1. The minimum Gasteiger partial charge on any atom is -0.379 e. The first-order valence-corrected chi connectivity index (χ1v) is 5.56. The van der Waals surface area contributed by atoms with Gasteiger partial charge in [0, 0.05) is 0 Å². The van der Waals surface area contributed by atoms with Gasteiger partial charge in [-0.05, 0) is 25.5 Å². The van der Waals surface area contributed by atoms with Crippen molar-refractivity contribution in [2.24, 2.45) is 0 Å². The standard InChI is InChI=1S/C10H12O3S/c1-4-14(11,12)13-10-6-5-8(2)7-9(10)3/h4-7H,1H2,2-3H3. The van der Waals surface area contributed by atoms with Crippen molar-refractivity contribution in [3.8, 4) is 5.75 Å². The second-order valence-electron chi connectivity index (χ2n) is 3.01. The molecule has 0 unspecified atom stereocenters. The van der Waals surface area contributed by atoms with Crippen LogP contribution >= 0.6 is 0 Å². The van der Waals surface area contributed by atoms with Crippen molar-refractivity contribution in [3.05, 3.63) is 41.3 Å². The summed E-state index contributed by atoms with van der Waals surface area (Å²) < 4.78 is 26.9. The quantitative estimate of drug-likeness (QED) is 0.721. The predicted octanol–water partition coefficient (Wildman–Crippen LogP) is 2.16. The van der Waals surface area contributed by atoms with E-state index < -0.39 is 10.1 Å². The number of hydrogen-bond donors (Lipinski definition) is 0. The monoisotopic (exact) mass is 212 g/mol. The fourth-order valence-corrected chi connectivity index (χ4v) is 1.56. The van der Waals surface area contributed by atoms with Gasteiger partial charge < -0.3 is 4.18 Å². The number of rotatable bonds is 3. The van der Waals surface area contributed by atoms with Gasteiger partial charge in [0.05, 0.1) is 5.41 Å². The van der Waals surface area contributed by atoms with Gasteiger partial charge in [0.15, 0.2) is 0 Å². The van der Waals surface area contributed by atoms with Crippen LogP contribution in [0.2, 0.25) is 0 Å². The lowest BCUT2D eigenvalue weighted by Gasteiger charge is -2.06. The highest BCUT2D eigenvalue weighted by atomic mass is 32.2. The van der Waals surface area contributed by atoms with Crippen molar-refractivity contribution in [2.75, 3.05) is 0 Å². The van der Waals surface area contributed by atoms with Crippen molar-refractivity contribution in [1.82, 2.24) is 0 Å². The lowest BCUT2D eigenvalue weighted by Crippen LogP contribution is -2.05. The molecule has 0 amide bonds. The van der Waals surface area contributed by atoms with Gasteiger partial charge in [-0.2, -0.15) is 8.42 Å². The van der Waals surface area contributed by atoms with E-state index in [9.17, 15) is 8.42 Å². The Morgan fingerprint density at radius 2 is 2.00 bits per heavy atom. The lowest BCUT2D eigenvalue weighted by molar-refractivity contribution is 0.494. The highest BCUT2D eigenvalue weighted by Crippen LogP contribution is 2.20. The van der Waals surface area contributed by atoms with Crippen molar-refractivity contribution in [3.63, 3.8) is 0 Å². The first-order valence-electron chi connectivity index (χ1n) is 4.09. The molecule has 1 rings (SSSR count). The normalized spacial score (nSPS) is 11.0. The molecule has 3 nitrogen and oxygen atoms in total. The fourth-order valence-electron chi connectivity index (χ4n) is 1.05. The van der Waals surface area contributed by atoms with Gasteiger partial charge in [-0.1, -0.05) is 24.3 Å².